The number of pyridine rings is 1. The zero-order valence-corrected chi connectivity index (χ0v) is 12.4. The van der Waals surface area contributed by atoms with Crippen molar-refractivity contribution in [1.82, 2.24) is 9.38 Å². The number of fused-ring (bicyclic) bond motifs is 1. The maximum atomic E-state index is 12.1. The van der Waals surface area contributed by atoms with Gasteiger partial charge >= 0.3 is 5.97 Å². The van der Waals surface area contributed by atoms with Crippen LogP contribution >= 0.6 is 0 Å². The number of aromatic nitrogens is 2. The van der Waals surface area contributed by atoms with Gasteiger partial charge in [-0.3, -0.25) is 0 Å². The zero-order chi connectivity index (χ0) is 15.5. The molecule has 22 heavy (non-hydrogen) atoms. The Hall–Kier alpha value is -2.82. The van der Waals surface area contributed by atoms with E-state index in [0.29, 0.717) is 11.3 Å². The predicted molar refractivity (Wildman–Crippen MR) is 82.0 cm³/mol. The Morgan fingerprint density at radius 3 is 2.91 bits per heavy atom. The van der Waals surface area contributed by atoms with Crippen LogP contribution in [0.4, 0.5) is 0 Å². The minimum atomic E-state index is -0.385. The van der Waals surface area contributed by atoms with Crippen molar-refractivity contribution in [3.63, 3.8) is 0 Å². The van der Waals surface area contributed by atoms with E-state index in [9.17, 15) is 4.79 Å². The molecular formula is C17H16N2O3. The van der Waals surface area contributed by atoms with E-state index in [2.05, 4.69) is 4.98 Å². The van der Waals surface area contributed by atoms with Crippen LogP contribution in [0.1, 0.15) is 21.7 Å². The highest BCUT2D eigenvalue weighted by atomic mass is 16.5. The number of hydrogen-bond acceptors (Lipinski definition) is 4. The lowest BCUT2D eigenvalue weighted by molar-refractivity contribution is 0.0466. The molecule has 1 aromatic carbocycles. The van der Waals surface area contributed by atoms with Crippen molar-refractivity contribution in [2.24, 2.45) is 0 Å². The fourth-order valence-corrected chi connectivity index (χ4v) is 2.31. The molecule has 2 aromatic heterocycles. The Balaban J connectivity index is 1.79. The van der Waals surface area contributed by atoms with E-state index < -0.39 is 0 Å². The van der Waals surface area contributed by atoms with Crippen molar-refractivity contribution in [3.8, 4) is 5.75 Å². The molecule has 0 amide bonds. The van der Waals surface area contributed by atoms with E-state index in [1.807, 2.05) is 35.7 Å². The molecule has 0 aliphatic heterocycles. The Morgan fingerprint density at radius 2 is 2.09 bits per heavy atom. The van der Waals surface area contributed by atoms with Gasteiger partial charge in [0.1, 0.15) is 18.0 Å². The molecule has 0 unspecified atom stereocenters. The predicted octanol–water partition coefficient (Wildman–Crippen LogP) is 3.01. The molecule has 0 saturated carbocycles. The number of ether oxygens (including phenoxy) is 2. The molecule has 0 aliphatic carbocycles. The first kappa shape index (κ1) is 14.1. The van der Waals surface area contributed by atoms with Gasteiger partial charge in [-0.2, -0.15) is 0 Å². The highest BCUT2D eigenvalue weighted by molar-refractivity contribution is 5.89. The SMILES string of the molecule is COc1cccc(C(=O)OCc2c(C)nc3ccccn23)c1. The average Bonchev–Trinajstić information content (AvgIpc) is 2.88. The third-order valence-corrected chi connectivity index (χ3v) is 3.47. The molecule has 112 valence electrons. The highest BCUT2D eigenvalue weighted by Gasteiger charge is 2.13. The highest BCUT2D eigenvalue weighted by Crippen LogP contribution is 2.16. The minimum absolute atomic E-state index is 0.174. The summed E-state index contributed by atoms with van der Waals surface area (Å²) < 4.78 is 12.4. The summed E-state index contributed by atoms with van der Waals surface area (Å²) >= 11 is 0. The van der Waals surface area contributed by atoms with Gasteiger partial charge in [-0.15, -0.1) is 0 Å². The van der Waals surface area contributed by atoms with E-state index >= 15 is 0 Å². The van der Waals surface area contributed by atoms with Crippen LogP contribution in [0.3, 0.4) is 0 Å². The number of rotatable bonds is 4. The van der Waals surface area contributed by atoms with E-state index in [-0.39, 0.29) is 12.6 Å². The summed E-state index contributed by atoms with van der Waals surface area (Å²) in [6, 6.07) is 12.7. The molecule has 5 heteroatoms. The second-order valence-electron chi connectivity index (χ2n) is 4.88. The van der Waals surface area contributed by atoms with Gasteiger partial charge in [-0.05, 0) is 37.3 Å². The summed E-state index contributed by atoms with van der Waals surface area (Å²) in [5.41, 5.74) is 3.02. The fourth-order valence-electron chi connectivity index (χ4n) is 2.31. The van der Waals surface area contributed by atoms with Crippen molar-refractivity contribution in [1.29, 1.82) is 0 Å². The second-order valence-corrected chi connectivity index (χ2v) is 4.88. The zero-order valence-electron chi connectivity index (χ0n) is 12.4. The van der Waals surface area contributed by atoms with Crippen molar-refractivity contribution in [3.05, 3.63) is 65.6 Å². The van der Waals surface area contributed by atoms with Crippen LogP contribution in [0.25, 0.3) is 5.65 Å². The maximum Gasteiger partial charge on any atom is 0.338 e. The van der Waals surface area contributed by atoms with Crippen LogP contribution in [0, 0.1) is 6.92 Å². The summed E-state index contributed by atoms with van der Waals surface area (Å²) in [6.07, 6.45) is 1.91. The Labute approximate surface area is 128 Å². The van der Waals surface area contributed by atoms with Crippen LogP contribution < -0.4 is 4.74 Å². The number of nitrogens with zero attached hydrogens (tertiary/aromatic N) is 2. The van der Waals surface area contributed by atoms with E-state index in [0.717, 1.165) is 17.0 Å². The molecule has 0 bridgehead atoms. The molecule has 0 atom stereocenters. The van der Waals surface area contributed by atoms with Gasteiger partial charge in [-0.1, -0.05) is 12.1 Å². The molecule has 0 fully saturated rings. The summed E-state index contributed by atoms with van der Waals surface area (Å²) in [7, 11) is 1.56. The topological polar surface area (TPSA) is 52.8 Å². The Bertz CT molecular complexity index is 824. The lowest BCUT2D eigenvalue weighted by Gasteiger charge is -2.07. The van der Waals surface area contributed by atoms with Crippen LogP contribution in [0.5, 0.6) is 5.75 Å². The van der Waals surface area contributed by atoms with E-state index in [1.54, 1.807) is 31.4 Å². The van der Waals surface area contributed by atoms with Crippen LogP contribution in [-0.2, 0) is 11.3 Å². The molecule has 0 spiro atoms. The minimum Gasteiger partial charge on any atom is -0.497 e. The summed E-state index contributed by atoms with van der Waals surface area (Å²) in [6.45, 7) is 2.08. The number of carbonyl (C=O) groups excluding carboxylic acids is 1. The lowest BCUT2D eigenvalue weighted by atomic mass is 10.2. The van der Waals surface area contributed by atoms with Crippen molar-refractivity contribution >= 4 is 11.6 Å². The molecule has 3 aromatic rings. The summed E-state index contributed by atoms with van der Waals surface area (Å²) in [5.74, 6) is 0.240. The monoisotopic (exact) mass is 296 g/mol. The number of esters is 1. The van der Waals surface area contributed by atoms with Gasteiger partial charge in [-0.25, -0.2) is 9.78 Å². The Morgan fingerprint density at radius 1 is 1.23 bits per heavy atom. The molecular weight excluding hydrogens is 280 g/mol. The average molecular weight is 296 g/mol. The van der Waals surface area contributed by atoms with Gasteiger partial charge in [0.2, 0.25) is 0 Å². The van der Waals surface area contributed by atoms with Crippen molar-refractivity contribution in [2.45, 2.75) is 13.5 Å². The first-order valence-corrected chi connectivity index (χ1v) is 6.93. The van der Waals surface area contributed by atoms with Crippen LogP contribution in [-0.4, -0.2) is 22.5 Å². The fraction of sp³-hybridized carbons (Fsp3) is 0.176. The molecule has 0 N–H and O–H groups in total. The Kier molecular flexibility index (Phi) is 3.78. The van der Waals surface area contributed by atoms with Crippen molar-refractivity contribution in [2.75, 3.05) is 7.11 Å². The number of benzene rings is 1. The molecule has 0 saturated heterocycles. The number of methoxy groups -OCH3 is 1. The van der Waals surface area contributed by atoms with Gasteiger partial charge in [0.15, 0.2) is 0 Å². The normalized spacial score (nSPS) is 10.6. The van der Waals surface area contributed by atoms with Gasteiger partial charge in [0.05, 0.1) is 24.1 Å². The number of aryl methyl sites for hydroxylation is 1. The summed E-state index contributed by atoms with van der Waals surface area (Å²) in [5, 5.41) is 0. The van der Waals surface area contributed by atoms with Crippen molar-refractivity contribution < 1.29 is 14.3 Å². The first-order valence-electron chi connectivity index (χ1n) is 6.93. The summed E-state index contributed by atoms with van der Waals surface area (Å²) in [4.78, 5) is 16.6. The molecule has 5 nitrogen and oxygen atoms in total. The second kappa shape index (κ2) is 5.89. The van der Waals surface area contributed by atoms with E-state index in [1.165, 1.54) is 0 Å². The molecule has 3 rings (SSSR count). The first-order chi connectivity index (χ1) is 10.7. The third-order valence-electron chi connectivity index (χ3n) is 3.47. The maximum absolute atomic E-state index is 12.1. The quantitative estimate of drug-likeness (QED) is 0.694. The molecule has 0 aliphatic rings. The van der Waals surface area contributed by atoms with E-state index in [4.69, 9.17) is 9.47 Å². The largest absolute Gasteiger partial charge is 0.497 e. The van der Waals surface area contributed by atoms with Crippen LogP contribution in [0.2, 0.25) is 0 Å². The number of carbonyl (C=O) groups is 1. The number of imidazole rings is 1. The van der Waals surface area contributed by atoms with Gasteiger partial charge in [0.25, 0.3) is 0 Å². The third kappa shape index (κ3) is 2.65. The smallest absolute Gasteiger partial charge is 0.338 e. The molecule has 2 heterocycles. The standard InChI is InChI=1S/C17H16N2O3/c1-12-15(19-9-4-3-8-16(19)18-12)11-22-17(20)13-6-5-7-14(10-13)21-2/h3-10H,11H2,1-2H3. The van der Waals surface area contributed by atoms with Gasteiger partial charge in [0, 0.05) is 6.20 Å². The molecule has 0 radical (unpaired) electrons. The van der Waals surface area contributed by atoms with Crippen LogP contribution in [0.15, 0.2) is 48.7 Å². The lowest BCUT2D eigenvalue weighted by Crippen LogP contribution is -2.07. The van der Waals surface area contributed by atoms with Gasteiger partial charge < -0.3 is 13.9 Å². The number of hydrogen-bond donors (Lipinski definition) is 0.